The van der Waals surface area contributed by atoms with Gasteiger partial charge in [0.25, 0.3) is 0 Å². The van der Waals surface area contributed by atoms with E-state index in [0.717, 1.165) is 15.7 Å². The number of nitrogen functional groups attached to an aromatic ring is 1. The van der Waals surface area contributed by atoms with Gasteiger partial charge in [-0.05, 0) is 48.0 Å². The van der Waals surface area contributed by atoms with Gasteiger partial charge in [0, 0.05) is 15.7 Å². The summed E-state index contributed by atoms with van der Waals surface area (Å²) in [6, 6.07) is 5.56. The zero-order valence-electron chi connectivity index (χ0n) is 10.5. The summed E-state index contributed by atoms with van der Waals surface area (Å²) in [5, 5.41) is 3.88. The molecule has 0 spiro atoms. The Morgan fingerprint density at radius 1 is 1.21 bits per heavy atom. The highest BCUT2D eigenvalue weighted by molar-refractivity contribution is 9.10. The minimum atomic E-state index is 0.600. The van der Waals surface area contributed by atoms with E-state index >= 15 is 0 Å². The molecule has 5 nitrogen and oxygen atoms in total. The molecule has 0 bridgehead atoms. The number of hydrogen-bond acceptors (Lipinski definition) is 5. The van der Waals surface area contributed by atoms with Crippen LogP contribution in [0.4, 0.5) is 17.3 Å². The molecule has 1 aromatic heterocycles. The average molecular weight is 343 g/mol. The van der Waals surface area contributed by atoms with Gasteiger partial charge in [0.1, 0.15) is 17.5 Å². The number of nitrogens with one attached hydrogen (secondary N) is 2. The lowest BCUT2D eigenvalue weighted by Crippen LogP contribution is -2.13. The Morgan fingerprint density at radius 3 is 2.53 bits per heavy atom. The minimum Gasteiger partial charge on any atom is -0.340 e. The van der Waals surface area contributed by atoms with Crippen LogP contribution in [0.25, 0.3) is 0 Å². The summed E-state index contributed by atoms with van der Waals surface area (Å²) in [4.78, 5) is 8.57. The van der Waals surface area contributed by atoms with E-state index in [2.05, 4.69) is 36.6 Å². The summed E-state index contributed by atoms with van der Waals surface area (Å²) in [5.41, 5.74) is 4.28. The predicted molar refractivity (Wildman–Crippen MR) is 81.8 cm³/mol. The van der Waals surface area contributed by atoms with Gasteiger partial charge >= 0.3 is 0 Å². The Kier molecular flexibility index (Phi) is 4.24. The lowest BCUT2D eigenvalue weighted by atomic mass is 10.2. The van der Waals surface area contributed by atoms with Crippen LogP contribution in [0.5, 0.6) is 0 Å². The number of rotatable bonds is 3. The molecule has 0 atom stereocenters. The highest BCUT2D eigenvalue weighted by atomic mass is 79.9. The quantitative estimate of drug-likeness (QED) is 0.587. The van der Waals surface area contributed by atoms with E-state index in [0.29, 0.717) is 22.5 Å². The molecule has 0 fully saturated rings. The average Bonchev–Trinajstić information content (AvgIpc) is 2.37. The highest BCUT2D eigenvalue weighted by Gasteiger charge is 2.09. The Hall–Kier alpha value is -1.37. The van der Waals surface area contributed by atoms with Gasteiger partial charge in [-0.1, -0.05) is 11.6 Å². The molecule has 2 rings (SSSR count). The van der Waals surface area contributed by atoms with Crippen LogP contribution in [0, 0.1) is 13.8 Å². The molecule has 100 valence electrons. The van der Waals surface area contributed by atoms with Crippen molar-refractivity contribution in [3.8, 4) is 0 Å². The molecule has 0 radical (unpaired) electrons. The number of halogens is 2. The smallest absolute Gasteiger partial charge is 0.148 e. The van der Waals surface area contributed by atoms with Crippen molar-refractivity contribution in [2.75, 3.05) is 10.7 Å². The minimum absolute atomic E-state index is 0.600. The van der Waals surface area contributed by atoms with Crippen LogP contribution in [0.1, 0.15) is 11.4 Å². The fourth-order valence-corrected chi connectivity index (χ4v) is 2.10. The molecular formula is C12H13BrClN5. The van der Waals surface area contributed by atoms with Gasteiger partial charge in [0.2, 0.25) is 0 Å². The first-order chi connectivity index (χ1) is 9.01. The van der Waals surface area contributed by atoms with Crippen molar-refractivity contribution in [1.82, 2.24) is 9.97 Å². The van der Waals surface area contributed by atoms with E-state index in [-0.39, 0.29) is 0 Å². The first-order valence-electron chi connectivity index (χ1n) is 5.55. The third-order valence-electron chi connectivity index (χ3n) is 2.58. The molecule has 0 aliphatic carbocycles. The van der Waals surface area contributed by atoms with E-state index in [1.54, 1.807) is 6.07 Å². The van der Waals surface area contributed by atoms with Crippen molar-refractivity contribution in [2.45, 2.75) is 13.8 Å². The highest BCUT2D eigenvalue weighted by Crippen LogP contribution is 2.28. The lowest BCUT2D eigenvalue weighted by molar-refractivity contribution is 1.03. The van der Waals surface area contributed by atoms with E-state index in [9.17, 15) is 0 Å². The van der Waals surface area contributed by atoms with Gasteiger partial charge in [0.05, 0.1) is 5.02 Å². The SMILES string of the molecule is Cc1nc(NN)c(C)c(Nc2ccc(Cl)c(Br)c2)n1. The molecule has 0 aliphatic heterocycles. The Balaban J connectivity index is 2.37. The van der Waals surface area contributed by atoms with E-state index in [4.69, 9.17) is 17.4 Å². The van der Waals surface area contributed by atoms with Gasteiger partial charge < -0.3 is 10.7 Å². The number of aryl methyl sites for hydroxylation is 1. The van der Waals surface area contributed by atoms with E-state index in [1.807, 2.05) is 26.0 Å². The summed E-state index contributed by atoms with van der Waals surface area (Å²) in [5.74, 6) is 7.37. The summed E-state index contributed by atoms with van der Waals surface area (Å²) in [6.07, 6.45) is 0. The van der Waals surface area contributed by atoms with Crippen molar-refractivity contribution in [3.63, 3.8) is 0 Å². The predicted octanol–water partition coefficient (Wildman–Crippen LogP) is 3.54. The summed E-state index contributed by atoms with van der Waals surface area (Å²) >= 11 is 9.34. The van der Waals surface area contributed by atoms with E-state index < -0.39 is 0 Å². The fourth-order valence-electron chi connectivity index (χ4n) is 1.60. The number of benzene rings is 1. The van der Waals surface area contributed by atoms with Crippen molar-refractivity contribution < 1.29 is 0 Å². The maximum atomic E-state index is 5.96. The molecule has 0 aliphatic rings. The normalized spacial score (nSPS) is 10.4. The van der Waals surface area contributed by atoms with E-state index in [1.165, 1.54) is 0 Å². The number of anilines is 3. The maximum Gasteiger partial charge on any atom is 0.148 e. The second-order valence-corrected chi connectivity index (χ2v) is 5.25. The maximum absolute atomic E-state index is 5.96. The molecule has 0 unspecified atom stereocenters. The number of nitrogens with zero attached hydrogens (tertiary/aromatic N) is 2. The van der Waals surface area contributed by atoms with Crippen molar-refractivity contribution in [2.24, 2.45) is 5.84 Å². The van der Waals surface area contributed by atoms with Crippen LogP contribution in [0.15, 0.2) is 22.7 Å². The largest absolute Gasteiger partial charge is 0.340 e. The Labute approximate surface area is 124 Å². The molecular weight excluding hydrogens is 330 g/mol. The lowest BCUT2D eigenvalue weighted by Gasteiger charge is -2.12. The molecule has 7 heteroatoms. The first kappa shape index (κ1) is 14.0. The Bertz CT molecular complexity index is 617. The van der Waals surface area contributed by atoms with Gasteiger partial charge in [-0.15, -0.1) is 0 Å². The van der Waals surface area contributed by atoms with Crippen LogP contribution in [0.2, 0.25) is 5.02 Å². The number of aromatic nitrogens is 2. The summed E-state index contributed by atoms with van der Waals surface area (Å²) in [7, 11) is 0. The molecule has 0 amide bonds. The number of nitrogens with two attached hydrogens (primary N) is 1. The molecule has 1 aromatic carbocycles. The molecule has 0 saturated carbocycles. The zero-order chi connectivity index (χ0) is 14.0. The molecule has 19 heavy (non-hydrogen) atoms. The standard InChI is InChI=1S/C12H13BrClN5/c1-6-11(16-7(2)17-12(6)19-15)18-8-3-4-10(14)9(13)5-8/h3-5H,15H2,1-2H3,(H2,16,17,18,19). The van der Waals surface area contributed by atoms with Gasteiger partial charge in [-0.25, -0.2) is 15.8 Å². The number of hydrazine groups is 1. The van der Waals surface area contributed by atoms with Crippen LogP contribution in [-0.2, 0) is 0 Å². The monoisotopic (exact) mass is 341 g/mol. The van der Waals surface area contributed by atoms with Gasteiger partial charge in [-0.2, -0.15) is 0 Å². The van der Waals surface area contributed by atoms with Crippen LogP contribution in [0.3, 0.4) is 0 Å². The van der Waals surface area contributed by atoms with Crippen molar-refractivity contribution in [1.29, 1.82) is 0 Å². The third kappa shape index (κ3) is 3.15. The Morgan fingerprint density at radius 2 is 1.89 bits per heavy atom. The fraction of sp³-hybridized carbons (Fsp3) is 0.167. The summed E-state index contributed by atoms with van der Waals surface area (Å²) in [6.45, 7) is 3.70. The zero-order valence-corrected chi connectivity index (χ0v) is 12.8. The third-order valence-corrected chi connectivity index (χ3v) is 3.79. The van der Waals surface area contributed by atoms with Crippen LogP contribution >= 0.6 is 27.5 Å². The molecule has 2 aromatic rings. The van der Waals surface area contributed by atoms with Gasteiger partial charge in [-0.3, -0.25) is 0 Å². The molecule has 1 heterocycles. The topological polar surface area (TPSA) is 75.9 Å². The van der Waals surface area contributed by atoms with Crippen LogP contribution in [-0.4, -0.2) is 9.97 Å². The van der Waals surface area contributed by atoms with Gasteiger partial charge in [0.15, 0.2) is 0 Å². The molecule has 4 N–H and O–H groups in total. The first-order valence-corrected chi connectivity index (χ1v) is 6.72. The van der Waals surface area contributed by atoms with Crippen molar-refractivity contribution in [3.05, 3.63) is 39.1 Å². The van der Waals surface area contributed by atoms with Crippen molar-refractivity contribution >= 4 is 44.9 Å². The second kappa shape index (κ2) is 5.73. The number of hydrogen-bond donors (Lipinski definition) is 3. The van der Waals surface area contributed by atoms with Crippen LogP contribution < -0.4 is 16.6 Å². The molecule has 0 saturated heterocycles. The summed E-state index contributed by atoms with van der Waals surface area (Å²) < 4.78 is 0.819. The second-order valence-electron chi connectivity index (χ2n) is 3.99.